The lowest BCUT2D eigenvalue weighted by molar-refractivity contribution is 0.0228. The highest BCUT2D eigenvalue weighted by molar-refractivity contribution is 5.94. The number of aromatic nitrogens is 4. The van der Waals surface area contributed by atoms with Crippen molar-refractivity contribution >= 4 is 5.91 Å². The van der Waals surface area contributed by atoms with Crippen LogP contribution in [0.4, 0.5) is 13.2 Å². The fourth-order valence-electron chi connectivity index (χ4n) is 5.05. The minimum atomic E-state index is -1.78. The molecule has 0 unspecified atom stereocenters. The molecule has 3 aromatic rings. The second-order valence-corrected chi connectivity index (χ2v) is 9.23. The lowest BCUT2D eigenvalue weighted by Crippen LogP contribution is -2.49. The van der Waals surface area contributed by atoms with Gasteiger partial charge in [0.05, 0.1) is 12.7 Å². The number of phenolic OH excluding ortho intramolecular Hbond substituents is 1. The van der Waals surface area contributed by atoms with E-state index in [2.05, 4.69) is 25.7 Å². The highest BCUT2D eigenvalue weighted by Crippen LogP contribution is 2.57. The van der Waals surface area contributed by atoms with Crippen LogP contribution >= 0.6 is 0 Å². The van der Waals surface area contributed by atoms with Crippen LogP contribution in [-0.2, 0) is 5.41 Å². The molecule has 2 bridgehead atoms. The van der Waals surface area contributed by atoms with E-state index in [0.29, 0.717) is 29.4 Å². The number of ether oxygens (including phenoxy) is 1. The van der Waals surface area contributed by atoms with Gasteiger partial charge >= 0.3 is 0 Å². The highest BCUT2D eigenvalue weighted by atomic mass is 19.2. The zero-order chi connectivity index (χ0) is 24.8. The number of nitrogens with one attached hydrogen (secondary N) is 1. The molecule has 35 heavy (non-hydrogen) atoms. The predicted molar refractivity (Wildman–Crippen MR) is 114 cm³/mol. The Bertz CT molecular complexity index is 1260. The lowest BCUT2D eigenvalue weighted by atomic mass is 9.53. The molecule has 0 spiro atoms. The van der Waals surface area contributed by atoms with Crippen molar-refractivity contribution < 1.29 is 32.3 Å². The van der Waals surface area contributed by atoms with Gasteiger partial charge in [-0.25, -0.2) is 8.78 Å². The summed E-state index contributed by atoms with van der Waals surface area (Å²) < 4.78 is 51.9. The first-order chi connectivity index (χ1) is 16.8. The van der Waals surface area contributed by atoms with Crippen LogP contribution in [0.5, 0.6) is 11.6 Å². The van der Waals surface area contributed by atoms with Crippen LogP contribution in [0.1, 0.15) is 54.8 Å². The normalized spacial score (nSPS) is 23.3. The van der Waals surface area contributed by atoms with Crippen molar-refractivity contribution in [2.45, 2.75) is 43.9 Å². The molecule has 2 heterocycles. The van der Waals surface area contributed by atoms with E-state index in [9.17, 15) is 18.0 Å². The summed E-state index contributed by atoms with van der Waals surface area (Å²) in [5.41, 5.74) is -0.802. The third-order valence-electron chi connectivity index (χ3n) is 7.36. The number of hydrogen-bond donors (Lipinski definition) is 2. The average molecular weight is 489 g/mol. The Morgan fingerprint density at radius 1 is 1.11 bits per heavy atom. The first-order valence-corrected chi connectivity index (χ1v) is 11.1. The van der Waals surface area contributed by atoms with Crippen molar-refractivity contribution in [1.82, 2.24) is 25.7 Å². The van der Waals surface area contributed by atoms with E-state index in [1.807, 2.05) is 0 Å². The molecule has 0 atom stereocenters. The Kier molecular flexibility index (Phi) is 5.60. The number of amides is 1. The van der Waals surface area contributed by atoms with Gasteiger partial charge in [-0.2, -0.15) is 9.37 Å². The van der Waals surface area contributed by atoms with Gasteiger partial charge < -0.3 is 19.7 Å². The Hall–Kier alpha value is -3.70. The van der Waals surface area contributed by atoms with Crippen LogP contribution in [-0.4, -0.2) is 45.0 Å². The van der Waals surface area contributed by atoms with E-state index in [-0.39, 0.29) is 17.4 Å². The summed E-state index contributed by atoms with van der Waals surface area (Å²) in [5, 5.41) is 23.8. The molecule has 1 amide bonds. The monoisotopic (exact) mass is 489 g/mol. The number of halogens is 3. The molecule has 3 aliphatic carbocycles. The Morgan fingerprint density at radius 3 is 2.46 bits per heavy atom. The highest BCUT2D eigenvalue weighted by Gasteiger charge is 2.52. The van der Waals surface area contributed by atoms with Gasteiger partial charge in [0.1, 0.15) is 5.69 Å². The third-order valence-corrected chi connectivity index (χ3v) is 7.36. The summed E-state index contributed by atoms with van der Waals surface area (Å²) >= 11 is 0. The van der Waals surface area contributed by atoms with Gasteiger partial charge in [0.25, 0.3) is 5.91 Å². The second kappa shape index (κ2) is 8.51. The van der Waals surface area contributed by atoms with Crippen molar-refractivity contribution in [3.8, 4) is 23.1 Å². The molecule has 9 nitrogen and oxygen atoms in total. The SMILES string of the molecule is COc1ccc(-c2noc([C@]34CC[C@](CNC(=O)c5cc(F)c(O)c(F)c5F)(CC3)CC4)n2)nn1. The minimum absolute atomic E-state index is 0.216. The lowest BCUT2D eigenvalue weighted by Gasteiger charge is -2.51. The summed E-state index contributed by atoms with van der Waals surface area (Å²) in [6, 6.07) is 3.85. The van der Waals surface area contributed by atoms with Crippen LogP contribution < -0.4 is 10.1 Å². The van der Waals surface area contributed by atoms with Gasteiger partial charge in [-0.15, -0.1) is 10.2 Å². The largest absolute Gasteiger partial charge is 0.503 e. The van der Waals surface area contributed by atoms with Gasteiger partial charge in [-0.1, -0.05) is 5.16 Å². The molecule has 3 aliphatic rings. The van der Waals surface area contributed by atoms with Gasteiger partial charge in [0.2, 0.25) is 23.4 Å². The standard InChI is InChI=1S/C23H22F3N5O4/c1-34-15-3-2-14(29-30-15)19-28-21(35-31-19)23-7-4-22(5-8-23,6-9-23)11-27-20(33)12-10-13(24)18(32)17(26)16(12)25/h2-3,10,32H,4-9,11H2,1H3,(H,27,33)/t22-,23+. The molecule has 1 aromatic carbocycles. The zero-order valence-electron chi connectivity index (χ0n) is 18.8. The smallest absolute Gasteiger partial charge is 0.254 e. The maximum Gasteiger partial charge on any atom is 0.254 e. The molecule has 0 radical (unpaired) electrons. The molecule has 184 valence electrons. The number of fused-ring (bicyclic) bond motifs is 3. The number of carbonyl (C=O) groups excluding carboxylic acids is 1. The van der Waals surface area contributed by atoms with Crippen molar-refractivity contribution in [2.75, 3.05) is 13.7 Å². The number of nitrogens with zero attached hydrogens (tertiary/aromatic N) is 4. The van der Waals surface area contributed by atoms with Crippen LogP contribution in [0.15, 0.2) is 22.7 Å². The first-order valence-electron chi connectivity index (χ1n) is 11.1. The molecule has 2 N–H and O–H groups in total. The number of aromatic hydroxyl groups is 1. The Labute approximate surface area is 197 Å². The van der Waals surface area contributed by atoms with Crippen LogP contribution in [0, 0.1) is 22.9 Å². The van der Waals surface area contributed by atoms with Crippen molar-refractivity contribution in [3.63, 3.8) is 0 Å². The summed E-state index contributed by atoms with van der Waals surface area (Å²) in [6.45, 7) is 0.238. The maximum atomic E-state index is 14.0. The summed E-state index contributed by atoms with van der Waals surface area (Å²) in [6.07, 6.45) is 4.55. The van der Waals surface area contributed by atoms with Crippen molar-refractivity contribution in [2.24, 2.45) is 5.41 Å². The van der Waals surface area contributed by atoms with E-state index >= 15 is 0 Å². The molecule has 6 rings (SSSR count). The fraction of sp³-hybridized carbons (Fsp3) is 0.435. The molecule has 12 heteroatoms. The predicted octanol–water partition coefficient (Wildman–Crippen LogP) is 3.68. The zero-order valence-corrected chi connectivity index (χ0v) is 18.8. The minimum Gasteiger partial charge on any atom is -0.503 e. The number of rotatable bonds is 6. The van der Waals surface area contributed by atoms with E-state index in [0.717, 1.165) is 38.5 Å². The second-order valence-electron chi connectivity index (χ2n) is 9.23. The van der Waals surface area contributed by atoms with Crippen LogP contribution in [0.2, 0.25) is 0 Å². The van der Waals surface area contributed by atoms with Gasteiger partial charge in [-0.05, 0) is 56.1 Å². The number of hydrogen-bond acceptors (Lipinski definition) is 8. The van der Waals surface area contributed by atoms with Gasteiger partial charge in [0, 0.05) is 18.0 Å². The van der Waals surface area contributed by atoms with Crippen LogP contribution in [0.3, 0.4) is 0 Å². The van der Waals surface area contributed by atoms with E-state index in [4.69, 9.17) is 14.4 Å². The quantitative estimate of drug-likeness (QED) is 0.503. The number of methoxy groups -OCH3 is 1. The number of phenols is 1. The topological polar surface area (TPSA) is 123 Å². The third kappa shape index (κ3) is 3.96. The molecule has 0 saturated heterocycles. The van der Waals surface area contributed by atoms with Crippen molar-refractivity contribution in [1.29, 1.82) is 0 Å². The molecular weight excluding hydrogens is 467 g/mol. The maximum absolute atomic E-state index is 14.0. The van der Waals surface area contributed by atoms with Crippen LogP contribution in [0.25, 0.3) is 11.5 Å². The summed E-state index contributed by atoms with van der Waals surface area (Å²) in [7, 11) is 1.50. The average Bonchev–Trinajstić information content (AvgIpc) is 3.41. The molecule has 0 aliphatic heterocycles. The van der Waals surface area contributed by atoms with E-state index < -0.39 is 34.7 Å². The number of benzene rings is 1. The molecule has 3 saturated carbocycles. The summed E-state index contributed by atoms with van der Waals surface area (Å²) in [5.74, 6) is -5.88. The van der Waals surface area contributed by atoms with Crippen molar-refractivity contribution in [3.05, 3.63) is 47.1 Å². The fourth-order valence-corrected chi connectivity index (χ4v) is 5.05. The molecular formula is C23H22F3N5O4. The summed E-state index contributed by atoms with van der Waals surface area (Å²) in [4.78, 5) is 17.0. The van der Waals surface area contributed by atoms with E-state index in [1.165, 1.54) is 7.11 Å². The number of carbonyl (C=O) groups is 1. The molecule has 2 aromatic heterocycles. The van der Waals surface area contributed by atoms with E-state index in [1.54, 1.807) is 12.1 Å². The molecule has 3 fully saturated rings. The Balaban J connectivity index is 1.25. The van der Waals surface area contributed by atoms with Gasteiger partial charge in [0.15, 0.2) is 17.4 Å². The Morgan fingerprint density at radius 2 is 1.83 bits per heavy atom. The first kappa shape index (κ1) is 23.1. The van der Waals surface area contributed by atoms with Gasteiger partial charge in [-0.3, -0.25) is 4.79 Å².